The van der Waals surface area contributed by atoms with Crippen LogP contribution < -0.4 is 10.6 Å². The van der Waals surface area contributed by atoms with Gasteiger partial charge in [0.2, 0.25) is 5.91 Å². The third-order valence-electron chi connectivity index (χ3n) is 6.53. The molecule has 2 aromatic carbocycles. The Kier molecular flexibility index (Phi) is 14.5. The zero-order valence-electron chi connectivity index (χ0n) is 25.3. The zero-order chi connectivity index (χ0) is 30.4. The van der Waals surface area contributed by atoms with E-state index < -0.39 is 23.8 Å². The summed E-state index contributed by atoms with van der Waals surface area (Å²) in [6.07, 6.45) is 6.61. The smallest absolute Gasteiger partial charge is 0.408 e. The molecule has 0 aliphatic rings. The van der Waals surface area contributed by atoms with Crippen molar-refractivity contribution in [3.8, 4) is 0 Å². The molecule has 0 aliphatic carbocycles. The van der Waals surface area contributed by atoms with Crippen molar-refractivity contribution in [1.82, 2.24) is 10.2 Å². The number of halogens is 1. The Hall–Kier alpha value is -2.71. The van der Waals surface area contributed by atoms with Gasteiger partial charge in [0.25, 0.3) is 5.91 Å². The molecule has 0 fully saturated rings. The van der Waals surface area contributed by atoms with Crippen LogP contribution >= 0.6 is 23.4 Å². The van der Waals surface area contributed by atoms with E-state index in [1.54, 1.807) is 43.5 Å². The number of carbonyl (C=O) groups is 3. The molecule has 7 nitrogen and oxygen atoms in total. The highest BCUT2D eigenvalue weighted by Crippen LogP contribution is 2.30. The number of anilines is 1. The number of thioether (sulfide) groups is 1. The lowest BCUT2D eigenvalue weighted by atomic mass is 10.0. The lowest BCUT2D eigenvalue weighted by Gasteiger charge is -2.35. The Morgan fingerprint density at radius 1 is 1.00 bits per heavy atom. The number of rotatable bonds is 15. The molecule has 0 bridgehead atoms. The largest absolute Gasteiger partial charge is 0.444 e. The van der Waals surface area contributed by atoms with Crippen molar-refractivity contribution >= 4 is 47.0 Å². The molecule has 41 heavy (non-hydrogen) atoms. The van der Waals surface area contributed by atoms with Crippen molar-refractivity contribution in [2.24, 2.45) is 0 Å². The quantitative estimate of drug-likeness (QED) is 0.203. The molecule has 0 heterocycles. The maximum absolute atomic E-state index is 14.3. The minimum Gasteiger partial charge on any atom is -0.444 e. The summed E-state index contributed by atoms with van der Waals surface area (Å²) in [4.78, 5) is 42.8. The highest BCUT2D eigenvalue weighted by molar-refractivity contribution is 7.98. The fourth-order valence-corrected chi connectivity index (χ4v) is 5.23. The van der Waals surface area contributed by atoms with E-state index in [4.69, 9.17) is 16.3 Å². The first-order chi connectivity index (χ1) is 19.5. The summed E-state index contributed by atoms with van der Waals surface area (Å²) < 4.78 is 5.48. The molecule has 9 heteroatoms. The first-order valence-corrected chi connectivity index (χ1v) is 16.2. The summed E-state index contributed by atoms with van der Waals surface area (Å²) in [5.74, 6) is -0.0344. The lowest BCUT2D eigenvalue weighted by molar-refractivity contribution is -0.141. The molecule has 3 amide bonds. The molecule has 0 radical (unpaired) electrons. The predicted octanol–water partition coefficient (Wildman–Crippen LogP) is 7.77. The van der Waals surface area contributed by atoms with Crippen LogP contribution in [0.15, 0.2) is 48.5 Å². The van der Waals surface area contributed by atoms with Crippen molar-refractivity contribution in [3.63, 3.8) is 0 Å². The van der Waals surface area contributed by atoms with E-state index in [9.17, 15) is 14.4 Å². The summed E-state index contributed by atoms with van der Waals surface area (Å²) in [7, 11) is 0. The number of nitrogens with zero attached hydrogens (tertiary/aromatic N) is 1. The van der Waals surface area contributed by atoms with Gasteiger partial charge in [-0.3, -0.25) is 9.59 Å². The molecule has 0 spiro atoms. The Morgan fingerprint density at radius 2 is 1.68 bits per heavy atom. The van der Waals surface area contributed by atoms with Gasteiger partial charge in [-0.05, 0) is 69.7 Å². The number of nitrogens with one attached hydrogen (secondary N) is 2. The Bertz CT molecular complexity index is 1100. The van der Waals surface area contributed by atoms with E-state index in [-0.39, 0.29) is 11.8 Å². The van der Waals surface area contributed by atoms with Crippen molar-refractivity contribution in [2.45, 2.75) is 90.8 Å². The van der Waals surface area contributed by atoms with E-state index in [1.807, 2.05) is 55.6 Å². The number of aryl methyl sites for hydroxylation is 1. The van der Waals surface area contributed by atoms with Crippen LogP contribution in [0.2, 0.25) is 5.02 Å². The number of hydrogen-bond acceptors (Lipinski definition) is 5. The minimum absolute atomic E-state index is 0.319. The SMILES string of the molecule is CCCCCCCN(C(=O)C(CCSC)NC(=O)OC(C)(C)C)C(C(=O)Nc1c(C)cccc1Cl)c1ccccc1. The third-order valence-corrected chi connectivity index (χ3v) is 7.49. The standard InChI is InChI=1S/C32H46ClN3O4S/c1-7-8-9-10-14-21-36(30(38)26(20-22-41-6)34-31(39)40-32(3,4)5)28(24-17-12-11-13-18-24)29(37)35-27-23(2)16-15-19-25(27)33/h11-13,15-19,26,28H,7-10,14,20-22H2,1-6H3,(H,34,39)(H,35,37). The van der Waals surface area contributed by atoms with Gasteiger partial charge in [-0.1, -0.05) is 86.7 Å². The third kappa shape index (κ3) is 11.6. The molecular formula is C32H46ClN3O4S. The molecule has 0 aliphatic heterocycles. The summed E-state index contributed by atoms with van der Waals surface area (Å²) in [5.41, 5.74) is 1.30. The fraction of sp³-hybridized carbons (Fsp3) is 0.531. The second kappa shape index (κ2) is 17.3. The monoisotopic (exact) mass is 603 g/mol. The van der Waals surface area contributed by atoms with Crippen LogP contribution in [0.3, 0.4) is 0 Å². The van der Waals surface area contributed by atoms with Crippen molar-refractivity contribution in [1.29, 1.82) is 0 Å². The average molecular weight is 604 g/mol. The van der Waals surface area contributed by atoms with Crippen LogP contribution in [-0.4, -0.2) is 53.0 Å². The Labute approximate surface area is 255 Å². The molecule has 2 aromatic rings. The topological polar surface area (TPSA) is 87.7 Å². The van der Waals surface area contributed by atoms with Gasteiger partial charge >= 0.3 is 6.09 Å². The number of unbranched alkanes of at least 4 members (excludes halogenated alkanes) is 4. The molecule has 2 unspecified atom stereocenters. The van der Waals surface area contributed by atoms with E-state index in [2.05, 4.69) is 17.6 Å². The van der Waals surface area contributed by atoms with E-state index in [1.165, 1.54) is 0 Å². The van der Waals surface area contributed by atoms with Gasteiger partial charge in [0.1, 0.15) is 17.7 Å². The second-order valence-electron chi connectivity index (χ2n) is 11.2. The van der Waals surface area contributed by atoms with Crippen LogP contribution in [-0.2, 0) is 14.3 Å². The highest BCUT2D eigenvalue weighted by atomic mass is 35.5. The zero-order valence-corrected chi connectivity index (χ0v) is 26.9. The first kappa shape index (κ1) is 34.5. The average Bonchev–Trinajstić information content (AvgIpc) is 2.91. The minimum atomic E-state index is -0.928. The van der Waals surface area contributed by atoms with Gasteiger partial charge in [0.15, 0.2) is 0 Å². The Balaban J connectivity index is 2.51. The summed E-state index contributed by atoms with van der Waals surface area (Å²) in [6, 6.07) is 12.9. The lowest BCUT2D eigenvalue weighted by Crippen LogP contribution is -2.52. The van der Waals surface area contributed by atoms with E-state index in [0.29, 0.717) is 35.0 Å². The highest BCUT2D eigenvalue weighted by Gasteiger charge is 2.36. The van der Waals surface area contributed by atoms with Crippen LogP contribution in [0.4, 0.5) is 10.5 Å². The van der Waals surface area contributed by atoms with Crippen molar-refractivity contribution in [3.05, 3.63) is 64.7 Å². The number of carbonyl (C=O) groups excluding carboxylic acids is 3. The second-order valence-corrected chi connectivity index (χ2v) is 12.6. The molecule has 226 valence electrons. The number of alkyl carbamates (subject to hydrolysis) is 1. The molecule has 2 N–H and O–H groups in total. The van der Waals surface area contributed by atoms with Gasteiger partial charge in [0, 0.05) is 6.54 Å². The number of benzene rings is 2. The van der Waals surface area contributed by atoms with Crippen LogP contribution in [0, 0.1) is 6.92 Å². The van der Waals surface area contributed by atoms with Gasteiger partial charge in [0.05, 0.1) is 10.7 Å². The van der Waals surface area contributed by atoms with Gasteiger partial charge in [-0.15, -0.1) is 0 Å². The van der Waals surface area contributed by atoms with Crippen molar-refractivity contribution in [2.75, 3.05) is 23.9 Å². The molecule has 2 atom stereocenters. The number of amides is 3. The summed E-state index contributed by atoms with van der Waals surface area (Å²) >= 11 is 8.04. The van der Waals surface area contributed by atoms with Crippen LogP contribution in [0.25, 0.3) is 0 Å². The van der Waals surface area contributed by atoms with Crippen LogP contribution in [0.5, 0.6) is 0 Å². The molecule has 0 saturated carbocycles. The van der Waals surface area contributed by atoms with Gasteiger partial charge < -0.3 is 20.3 Å². The van der Waals surface area contributed by atoms with Crippen molar-refractivity contribution < 1.29 is 19.1 Å². The number of hydrogen-bond donors (Lipinski definition) is 2. The molecule has 2 rings (SSSR count). The summed E-state index contributed by atoms with van der Waals surface area (Å²) in [5, 5.41) is 6.21. The van der Waals surface area contributed by atoms with Crippen LogP contribution in [0.1, 0.15) is 83.4 Å². The Morgan fingerprint density at radius 3 is 2.29 bits per heavy atom. The maximum atomic E-state index is 14.3. The predicted molar refractivity (Wildman–Crippen MR) is 171 cm³/mol. The number of para-hydroxylation sites is 1. The molecule has 0 aromatic heterocycles. The fourth-order valence-electron chi connectivity index (χ4n) is 4.49. The maximum Gasteiger partial charge on any atom is 0.408 e. The normalized spacial score (nSPS) is 12.8. The summed E-state index contributed by atoms with van der Waals surface area (Å²) in [6.45, 7) is 9.73. The number of ether oxygens (including phenoxy) is 1. The van der Waals surface area contributed by atoms with E-state index >= 15 is 0 Å². The molecular weight excluding hydrogens is 558 g/mol. The van der Waals surface area contributed by atoms with Gasteiger partial charge in [-0.2, -0.15) is 11.8 Å². The van der Waals surface area contributed by atoms with E-state index in [0.717, 1.165) is 37.7 Å². The van der Waals surface area contributed by atoms with Gasteiger partial charge in [-0.25, -0.2) is 4.79 Å². The first-order valence-electron chi connectivity index (χ1n) is 14.4. The molecule has 0 saturated heterocycles.